The highest BCUT2D eigenvalue weighted by atomic mass is 19.1. The minimum atomic E-state index is -0.191. The second-order valence-electron chi connectivity index (χ2n) is 10.0. The average Bonchev–Trinajstić information content (AvgIpc) is 3.32. The summed E-state index contributed by atoms with van der Waals surface area (Å²) in [4.78, 5) is 11.1. The standard InChI is InChI=1S/C26H35FN6O/c1-17-18(13-30-15-23-31-25(34-32-23)26(2,3)4)8-9-21(24(17)27)20-10-11-29-14-22(20)33-12-6-7-19(16-33)28-5/h8-11,14,19,28,30H,6-7,12-13,15-16H2,1-5H3. The van der Waals surface area contributed by atoms with Gasteiger partial charge in [-0.1, -0.05) is 38.1 Å². The molecule has 0 saturated carbocycles. The first kappa shape index (κ1) is 24.3. The lowest BCUT2D eigenvalue weighted by molar-refractivity contribution is 0.317. The van der Waals surface area contributed by atoms with E-state index < -0.39 is 0 Å². The number of pyridine rings is 1. The number of nitrogens with zero attached hydrogens (tertiary/aromatic N) is 4. The van der Waals surface area contributed by atoms with E-state index in [2.05, 4.69) is 30.7 Å². The van der Waals surface area contributed by atoms with E-state index in [1.54, 1.807) is 6.20 Å². The summed E-state index contributed by atoms with van der Waals surface area (Å²) in [7, 11) is 2.00. The Balaban J connectivity index is 1.50. The first-order valence-corrected chi connectivity index (χ1v) is 12.0. The van der Waals surface area contributed by atoms with E-state index in [1.165, 1.54) is 0 Å². The molecular weight excluding hydrogens is 431 g/mol. The lowest BCUT2D eigenvalue weighted by atomic mass is 9.97. The van der Waals surface area contributed by atoms with Crippen LogP contribution in [0.4, 0.5) is 10.1 Å². The fourth-order valence-corrected chi connectivity index (χ4v) is 4.36. The molecule has 1 saturated heterocycles. The zero-order valence-corrected chi connectivity index (χ0v) is 20.8. The van der Waals surface area contributed by atoms with Crippen LogP contribution < -0.4 is 15.5 Å². The zero-order valence-electron chi connectivity index (χ0n) is 20.8. The van der Waals surface area contributed by atoms with Crippen LogP contribution >= 0.6 is 0 Å². The number of hydrogen-bond donors (Lipinski definition) is 2. The third-order valence-corrected chi connectivity index (χ3v) is 6.47. The summed E-state index contributed by atoms with van der Waals surface area (Å²) >= 11 is 0. The smallest absolute Gasteiger partial charge is 0.232 e. The van der Waals surface area contributed by atoms with Crippen molar-refractivity contribution in [2.75, 3.05) is 25.0 Å². The Morgan fingerprint density at radius 3 is 2.74 bits per heavy atom. The Morgan fingerprint density at radius 1 is 1.18 bits per heavy atom. The molecule has 1 atom stereocenters. The molecule has 2 N–H and O–H groups in total. The van der Waals surface area contributed by atoms with Crippen molar-refractivity contribution in [1.82, 2.24) is 25.8 Å². The number of hydrogen-bond acceptors (Lipinski definition) is 7. The quantitative estimate of drug-likeness (QED) is 0.536. The van der Waals surface area contributed by atoms with Gasteiger partial charge in [0.2, 0.25) is 5.89 Å². The predicted molar refractivity (Wildman–Crippen MR) is 132 cm³/mol. The summed E-state index contributed by atoms with van der Waals surface area (Å²) < 4.78 is 20.9. The molecule has 182 valence electrons. The van der Waals surface area contributed by atoms with Gasteiger partial charge in [-0.2, -0.15) is 4.98 Å². The summed E-state index contributed by atoms with van der Waals surface area (Å²) in [5.74, 6) is 1.02. The van der Waals surface area contributed by atoms with Gasteiger partial charge in [0.1, 0.15) is 5.82 Å². The molecule has 0 spiro atoms. The van der Waals surface area contributed by atoms with Crippen molar-refractivity contribution in [2.45, 2.75) is 65.1 Å². The number of rotatable bonds is 7. The molecule has 7 nitrogen and oxygen atoms in total. The molecular formula is C26H35FN6O. The van der Waals surface area contributed by atoms with E-state index in [9.17, 15) is 0 Å². The third-order valence-electron chi connectivity index (χ3n) is 6.47. The van der Waals surface area contributed by atoms with Crippen molar-refractivity contribution >= 4 is 5.69 Å². The maximum Gasteiger partial charge on any atom is 0.232 e. The highest BCUT2D eigenvalue weighted by molar-refractivity contribution is 5.79. The summed E-state index contributed by atoms with van der Waals surface area (Å²) in [5, 5.41) is 10.7. The maximum absolute atomic E-state index is 15.6. The number of nitrogens with one attached hydrogen (secondary N) is 2. The Hall–Kier alpha value is -2.84. The van der Waals surface area contributed by atoms with Gasteiger partial charge in [0.05, 0.1) is 18.4 Å². The van der Waals surface area contributed by atoms with Crippen LogP contribution in [0.25, 0.3) is 11.1 Å². The Morgan fingerprint density at radius 2 is 2.00 bits per heavy atom. The van der Waals surface area contributed by atoms with E-state index >= 15 is 4.39 Å². The van der Waals surface area contributed by atoms with Crippen molar-refractivity contribution in [3.63, 3.8) is 0 Å². The molecule has 0 radical (unpaired) electrons. The van der Waals surface area contributed by atoms with Crippen LogP contribution in [-0.2, 0) is 18.5 Å². The molecule has 0 amide bonds. The second-order valence-corrected chi connectivity index (χ2v) is 10.0. The lowest BCUT2D eigenvalue weighted by Crippen LogP contribution is -2.44. The van der Waals surface area contributed by atoms with E-state index in [0.29, 0.717) is 42.0 Å². The molecule has 4 rings (SSSR count). The minimum absolute atomic E-state index is 0.186. The SMILES string of the molecule is CNC1CCCN(c2cnccc2-c2ccc(CNCc3noc(C(C)(C)C)n3)c(C)c2F)C1. The van der Waals surface area contributed by atoms with Gasteiger partial charge >= 0.3 is 0 Å². The van der Waals surface area contributed by atoms with Crippen molar-refractivity contribution in [2.24, 2.45) is 0 Å². The number of anilines is 1. The van der Waals surface area contributed by atoms with Gasteiger partial charge in [-0.05, 0) is 44.0 Å². The van der Waals surface area contributed by atoms with Crippen molar-refractivity contribution in [3.8, 4) is 11.1 Å². The molecule has 1 fully saturated rings. The summed E-state index contributed by atoms with van der Waals surface area (Å²) in [6.45, 7) is 10.7. The van der Waals surface area contributed by atoms with Crippen molar-refractivity contribution < 1.29 is 8.91 Å². The van der Waals surface area contributed by atoms with Crippen LogP contribution in [-0.4, -0.2) is 41.3 Å². The molecule has 1 unspecified atom stereocenters. The first-order valence-electron chi connectivity index (χ1n) is 12.0. The first-order chi connectivity index (χ1) is 16.3. The molecule has 3 aromatic rings. The fraction of sp³-hybridized carbons (Fsp3) is 0.500. The minimum Gasteiger partial charge on any atom is -0.368 e. The van der Waals surface area contributed by atoms with Gasteiger partial charge in [0.25, 0.3) is 0 Å². The van der Waals surface area contributed by atoms with Crippen molar-refractivity contribution in [1.29, 1.82) is 0 Å². The van der Waals surface area contributed by atoms with Crippen LogP contribution in [0.15, 0.2) is 35.1 Å². The van der Waals surface area contributed by atoms with Gasteiger partial charge in [0.15, 0.2) is 5.82 Å². The number of benzene rings is 1. The monoisotopic (exact) mass is 466 g/mol. The zero-order chi connectivity index (χ0) is 24.3. The van der Waals surface area contributed by atoms with Crippen molar-refractivity contribution in [3.05, 3.63) is 59.3 Å². The number of likely N-dealkylation sites (N-methyl/N-ethyl adjacent to an activating group) is 1. The number of halogens is 1. The van der Waals surface area contributed by atoms with Gasteiger partial charge in [-0.15, -0.1) is 0 Å². The molecule has 3 heterocycles. The highest BCUT2D eigenvalue weighted by Crippen LogP contribution is 2.35. The molecule has 0 aliphatic carbocycles. The van der Waals surface area contributed by atoms with Crippen LogP contribution in [0.5, 0.6) is 0 Å². The van der Waals surface area contributed by atoms with E-state index in [0.717, 1.165) is 42.7 Å². The third kappa shape index (κ3) is 5.28. The van der Waals surface area contributed by atoms with Crippen LogP contribution in [0.1, 0.15) is 56.5 Å². The average molecular weight is 467 g/mol. The normalized spacial score (nSPS) is 16.8. The van der Waals surface area contributed by atoms with E-state index in [4.69, 9.17) is 4.52 Å². The van der Waals surface area contributed by atoms with E-state index in [1.807, 2.05) is 59.1 Å². The Kier molecular flexibility index (Phi) is 7.28. The highest BCUT2D eigenvalue weighted by Gasteiger charge is 2.23. The van der Waals surface area contributed by atoms with Crippen LogP contribution in [0, 0.1) is 12.7 Å². The number of aromatic nitrogens is 3. The molecule has 34 heavy (non-hydrogen) atoms. The predicted octanol–water partition coefficient (Wildman–Crippen LogP) is 4.35. The largest absolute Gasteiger partial charge is 0.368 e. The molecule has 2 aromatic heterocycles. The van der Waals surface area contributed by atoms with Gasteiger partial charge in [-0.3, -0.25) is 4.98 Å². The summed E-state index contributed by atoms with van der Waals surface area (Å²) in [5.41, 5.74) is 3.84. The lowest BCUT2D eigenvalue weighted by Gasteiger charge is -2.35. The van der Waals surface area contributed by atoms with Crippen LogP contribution in [0.3, 0.4) is 0 Å². The maximum atomic E-state index is 15.6. The fourth-order valence-electron chi connectivity index (χ4n) is 4.36. The molecule has 0 bridgehead atoms. The van der Waals surface area contributed by atoms with Gasteiger partial charge in [-0.25, -0.2) is 4.39 Å². The number of piperidine rings is 1. The summed E-state index contributed by atoms with van der Waals surface area (Å²) in [6, 6.07) is 6.22. The van der Waals surface area contributed by atoms with Gasteiger partial charge in [0, 0.05) is 48.4 Å². The van der Waals surface area contributed by atoms with Crippen LogP contribution in [0.2, 0.25) is 0 Å². The van der Waals surface area contributed by atoms with Gasteiger partial charge < -0.3 is 20.1 Å². The Labute approximate surface area is 201 Å². The second kappa shape index (κ2) is 10.2. The van der Waals surface area contributed by atoms with E-state index in [-0.39, 0.29) is 11.2 Å². The molecule has 1 aliphatic rings. The Bertz CT molecular complexity index is 1120. The molecule has 8 heteroatoms. The molecule has 1 aliphatic heterocycles. The topological polar surface area (TPSA) is 79.1 Å². The summed E-state index contributed by atoms with van der Waals surface area (Å²) in [6.07, 6.45) is 5.84. The molecule has 1 aromatic carbocycles.